The quantitative estimate of drug-likeness (QED) is 0.361. The van der Waals surface area contributed by atoms with Crippen LogP contribution in [0.2, 0.25) is 0 Å². The first-order valence-corrected chi connectivity index (χ1v) is 14.4. The van der Waals surface area contributed by atoms with Crippen LogP contribution in [0.1, 0.15) is 24.8 Å². The third kappa shape index (κ3) is 4.41. The molecule has 2 bridgehead atoms. The monoisotopic (exact) mass is 580 g/mol. The average Bonchev–Trinajstić information content (AvgIpc) is 3.63. The van der Waals surface area contributed by atoms with Gasteiger partial charge in [-0.25, -0.2) is 13.2 Å². The number of anilines is 2. The molecule has 3 aromatic heterocycles. The summed E-state index contributed by atoms with van der Waals surface area (Å²) in [4.78, 5) is 17.8. The molecule has 3 fully saturated rings. The number of fused-ring (bicyclic) bond motifs is 4. The van der Waals surface area contributed by atoms with E-state index in [2.05, 4.69) is 32.1 Å². The molecule has 1 aromatic carbocycles. The zero-order valence-corrected chi connectivity index (χ0v) is 23.1. The predicted octanol–water partition coefficient (Wildman–Crippen LogP) is 4.05. The van der Waals surface area contributed by atoms with Crippen molar-refractivity contribution in [2.24, 2.45) is 5.92 Å². The zero-order chi connectivity index (χ0) is 28.4. The van der Waals surface area contributed by atoms with Crippen molar-refractivity contribution in [3.63, 3.8) is 0 Å². The summed E-state index contributed by atoms with van der Waals surface area (Å²) in [5.41, 5.74) is 5.03. The Kier molecular flexibility index (Phi) is 6.37. The fourth-order valence-electron chi connectivity index (χ4n) is 6.39. The highest BCUT2D eigenvalue weighted by Gasteiger charge is 2.35. The van der Waals surface area contributed by atoms with Gasteiger partial charge in [-0.1, -0.05) is 0 Å². The van der Waals surface area contributed by atoms with E-state index in [1.54, 1.807) is 0 Å². The van der Waals surface area contributed by atoms with Crippen molar-refractivity contribution in [2.45, 2.75) is 31.3 Å². The van der Waals surface area contributed by atoms with Crippen molar-refractivity contribution in [1.82, 2.24) is 25.2 Å². The Morgan fingerprint density at radius 1 is 1.15 bits per heavy atom. The summed E-state index contributed by atoms with van der Waals surface area (Å²) in [5.74, 6) is -2.04. The molecule has 3 saturated heterocycles. The van der Waals surface area contributed by atoms with E-state index >= 15 is 8.78 Å². The molecule has 0 radical (unpaired) electrons. The lowest BCUT2D eigenvalue weighted by molar-refractivity contribution is 0.233. The lowest BCUT2D eigenvalue weighted by Crippen LogP contribution is -2.51. The predicted molar refractivity (Wildman–Crippen MR) is 150 cm³/mol. The molecule has 4 aromatic rings. The summed E-state index contributed by atoms with van der Waals surface area (Å²) < 4.78 is 52.5. The number of piperazine rings is 1. The Hall–Kier alpha value is -3.73. The highest BCUT2D eigenvalue weighted by molar-refractivity contribution is 7.23. The number of pyridine rings is 1. The topological polar surface area (TPSA) is 116 Å². The highest BCUT2D eigenvalue weighted by Crippen LogP contribution is 2.43. The van der Waals surface area contributed by atoms with Gasteiger partial charge in [-0.3, -0.25) is 4.98 Å². The van der Waals surface area contributed by atoms with Crippen LogP contribution in [0.3, 0.4) is 0 Å². The molecule has 9 nitrogen and oxygen atoms in total. The molecular weight excluding hydrogens is 553 g/mol. The molecule has 0 saturated carbocycles. The second kappa shape index (κ2) is 9.97. The van der Waals surface area contributed by atoms with Crippen molar-refractivity contribution >= 4 is 43.1 Å². The minimum absolute atomic E-state index is 0.0145. The van der Waals surface area contributed by atoms with Gasteiger partial charge in [-0.05, 0) is 32.9 Å². The van der Waals surface area contributed by atoms with Gasteiger partial charge in [0.05, 0.1) is 22.3 Å². The minimum atomic E-state index is -1.05. The lowest BCUT2D eigenvalue weighted by atomic mass is 10.0. The number of halogens is 3. The number of benzene rings is 1. The maximum absolute atomic E-state index is 16.5. The van der Waals surface area contributed by atoms with Gasteiger partial charge in [0.25, 0.3) is 0 Å². The number of hydrogen-bond donors (Lipinski definition) is 2. The largest absolute Gasteiger partial charge is 0.463 e. The molecule has 41 heavy (non-hydrogen) atoms. The van der Waals surface area contributed by atoms with Gasteiger partial charge in [-0.2, -0.15) is 15.2 Å². The van der Waals surface area contributed by atoms with Crippen LogP contribution in [0.25, 0.3) is 32.2 Å². The number of ether oxygens (including phenoxy) is 1. The zero-order valence-electron chi connectivity index (χ0n) is 22.3. The maximum atomic E-state index is 16.5. The molecule has 7 rings (SSSR count). The van der Waals surface area contributed by atoms with Crippen LogP contribution in [-0.2, 0) is 0 Å². The number of hydrogen-bond acceptors (Lipinski definition) is 10. The number of rotatable bonds is 5. The van der Waals surface area contributed by atoms with E-state index in [4.69, 9.17) is 15.5 Å². The highest BCUT2D eigenvalue weighted by atomic mass is 32.1. The minimum Gasteiger partial charge on any atom is -0.463 e. The van der Waals surface area contributed by atoms with E-state index in [0.717, 1.165) is 43.7 Å². The fraction of sp³-hybridized carbons (Fsp3) is 0.429. The van der Waals surface area contributed by atoms with E-state index in [1.807, 2.05) is 6.07 Å². The average molecular weight is 581 g/mol. The standard InChI is InChI=1S/C28H27F3N8OS/c1-38-5-4-13(9-38)12-40-28-36-23-17(27(37-28)39-10-14-2-3-15(11-39)35-14)8-34-24(22(23)31)21-18(29)6-19(30)25-20(21)16(7-32)26(33)41-25/h6,8,13-15,35H,2-5,9-12,33H2,1H3/t13-,14?,15?/m0/s1. The van der Waals surface area contributed by atoms with Crippen LogP contribution in [0.5, 0.6) is 6.01 Å². The summed E-state index contributed by atoms with van der Waals surface area (Å²) in [6.07, 6.45) is 4.49. The van der Waals surface area contributed by atoms with Crippen LogP contribution in [-0.4, -0.2) is 71.8 Å². The van der Waals surface area contributed by atoms with Crippen LogP contribution in [0, 0.1) is 34.7 Å². The summed E-state index contributed by atoms with van der Waals surface area (Å²) in [6, 6.07) is 3.19. The SMILES string of the molecule is CN1CC[C@H](COc2nc(N3CC4CCC(C3)N4)c3cnc(-c4c(F)cc(F)c5sc(N)c(C#N)c45)c(F)c3n2)C1. The van der Waals surface area contributed by atoms with E-state index in [-0.39, 0.29) is 43.4 Å². The van der Waals surface area contributed by atoms with E-state index in [0.29, 0.717) is 55.0 Å². The number of nitrogens with one attached hydrogen (secondary N) is 1. The van der Waals surface area contributed by atoms with Crippen molar-refractivity contribution in [2.75, 3.05) is 50.5 Å². The molecule has 3 N–H and O–H groups in total. The Morgan fingerprint density at radius 3 is 2.63 bits per heavy atom. The van der Waals surface area contributed by atoms with Crippen molar-refractivity contribution in [3.05, 3.63) is 35.3 Å². The number of nitrogen functional groups attached to an aromatic ring is 1. The maximum Gasteiger partial charge on any atom is 0.319 e. The molecule has 3 atom stereocenters. The van der Waals surface area contributed by atoms with Crippen LogP contribution in [0.15, 0.2) is 12.3 Å². The van der Waals surface area contributed by atoms with Gasteiger partial charge in [0, 0.05) is 60.8 Å². The summed E-state index contributed by atoms with van der Waals surface area (Å²) >= 11 is 0.807. The van der Waals surface area contributed by atoms with Gasteiger partial charge >= 0.3 is 6.01 Å². The number of nitrogens with two attached hydrogens (primary N) is 1. The van der Waals surface area contributed by atoms with Gasteiger partial charge < -0.3 is 25.6 Å². The Morgan fingerprint density at radius 2 is 1.93 bits per heavy atom. The number of likely N-dealkylation sites (tertiary alicyclic amines) is 1. The third-order valence-corrected chi connectivity index (χ3v) is 9.37. The van der Waals surface area contributed by atoms with Gasteiger partial charge in [0.15, 0.2) is 5.82 Å². The first-order chi connectivity index (χ1) is 19.8. The van der Waals surface area contributed by atoms with Gasteiger partial charge in [0.2, 0.25) is 0 Å². The van der Waals surface area contributed by atoms with E-state index in [9.17, 15) is 9.65 Å². The molecule has 212 valence electrons. The first-order valence-electron chi connectivity index (χ1n) is 13.6. The molecule has 0 amide bonds. The first kappa shape index (κ1) is 26.2. The molecule has 3 aliphatic heterocycles. The molecule has 2 unspecified atom stereocenters. The van der Waals surface area contributed by atoms with Crippen LogP contribution in [0.4, 0.5) is 24.0 Å². The summed E-state index contributed by atoms with van der Waals surface area (Å²) in [6.45, 7) is 3.61. The van der Waals surface area contributed by atoms with Gasteiger partial charge in [-0.15, -0.1) is 11.3 Å². The van der Waals surface area contributed by atoms with Crippen molar-refractivity contribution in [3.8, 4) is 23.3 Å². The second-order valence-electron chi connectivity index (χ2n) is 11.2. The summed E-state index contributed by atoms with van der Waals surface area (Å²) in [5, 5.41) is 13.6. The second-order valence-corrected chi connectivity index (χ2v) is 12.2. The molecule has 13 heteroatoms. The fourth-order valence-corrected chi connectivity index (χ4v) is 7.32. The van der Waals surface area contributed by atoms with Crippen LogP contribution < -0.4 is 20.7 Å². The van der Waals surface area contributed by atoms with Crippen molar-refractivity contribution in [1.29, 1.82) is 5.26 Å². The van der Waals surface area contributed by atoms with Crippen molar-refractivity contribution < 1.29 is 17.9 Å². The normalized spacial score (nSPS) is 22.6. The summed E-state index contributed by atoms with van der Waals surface area (Å²) in [7, 11) is 2.05. The number of nitrogens with zero attached hydrogens (tertiary/aromatic N) is 6. The molecule has 0 aliphatic carbocycles. The lowest BCUT2D eigenvalue weighted by Gasteiger charge is -2.34. The van der Waals surface area contributed by atoms with E-state index in [1.165, 1.54) is 6.20 Å². The Labute approximate surface area is 237 Å². The number of thiophene rings is 1. The third-order valence-electron chi connectivity index (χ3n) is 8.34. The van der Waals surface area contributed by atoms with E-state index < -0.39 is 17.5 Å². The molecule has 3 aliphatic rings. The van der Waals surface area contributed by atoms with Gasteiger partial charge in [0.1, 0.15) is 39.7 Å². The molecule has 0 spiro atoms. The number of aromatic nitrogens is 3. The Balaban J connectivity index is 1.39. The molecular formula is C28H27F3N8OS. The smallest absolute Gasteiger partial charge is 0.319 e. The number of nitriles is 1. The van der Waals surface area contributed by atoms with Crippen LogP contribution >= 0.6 is 11.3 Å². The molecule has 6 heterocycles. The Bertz CT molecular complexity index is 1730.